The van der Waals surface area contributed by atoms with E-state index in [-0.39, 0.29) is 42.0 Å². The second-order valence-electron chi connectivity index (χ2n) is 10.3. The van der Waals surface area contributed by atoms with Gasteiger partial charge in [0.2, 0.25) is 5.92 Å². The predicted octanol–water partition coefficient (Wildman–Crippen LogP) is 2.67. The third-order valence-electron chi connectivity index (χ3n) is 7.66. The Balaban J connectivity index is 1.67. The van der Waals surface area contributed by atoms with E-state index in [1.807, 2.05) is 29.2 Å². The summed E-state index contributed by atoms with van der Waals surface area (Å²) in [6.07, 6.45) is 10.5. The van der Waals surface area contributed by atoms with Crippen molar-refractivity contribution in [3.63, 3.8) is 0 Å². The number of allylic oxidation sites excluding steroid dienone is 2. The quantitative estimate of drug-likeness (QED) is 0.283. The average Bonchev–Trinajstić information content (AvgIpc) is 3.69. The van der Waals surface area contributed by atoms with Crippen LogP contribution in [0.1, 0.15) is 43.1 Å². The van der Waals surface area contributed by atoms with Gasteiger partial charge < -0.3 is 29.4 Å². The summed E-state index contributed by atoms with van der Waals surface area (Å²) in [6.45, 7) is 3.68. The Hall–Kier alpha value is -3.99. The number of ketones is 1. The molecule has 212 valence electrons. The van der Waals surface area contributed by atoms with Crippen LogP contribution in [0.5, 0.6) is 5.75 Å². The maximum absolute atomic E-state index is 15.9. The third-order valence-corrected chi connectivity index (χ3v) is 7.66. The summed E-state index contributed by atoms with van der Waals surface area (Å²) < 4.78 is 33.2. The molecule has 2 aromatic rings. The number of halogens is 1. The number of fused-ring (bicyclic) bond motifs is 2. The molecule has 1 saturated carbocycles. The molecule has 0 bridgehead atoms. The van der Waals surface area contributed by atoms with Crippen molar-refractivity contribution in [1.82, 2.24) is 4.57 Å². The molecule has 0 amide bonds. The average molecular weight is 554 g/mol. The van der Waals surface area contributed by atoms with Crippen LogP contribution >= 0.6 is 0 Å². The Bertz CT molecular complexity index is 1490. The van der Waals surface area contributed by atoms with Crippen molar-refractivity contribution >= 4 is 34.3 Å². The number of carbonyl (C=O) groups is 3. The second kappa shape index (κ2) is 10.5. The zero-order chi connectivity index (χ0) is 28.8. The topological polar surface area (TPSA) is 130 Å². The number of aromatic nitrogens is 1. The van der Waals surface area contributed by atoms with E-state index >= 15 is 4.39 Å². The molecular formula is C29H32FN3O7. The highest BCUT2D eigenvalue weighted by atomic mass is 19.1. The lowest BCUT2D eigenvalue weighted by molar-refractivity contribution is -0.158. The standard InChI is InChI=1S/C29H32FN3O7/c1-4-39-27(36)21(28(37)40-5-2)25(35)19-14-33(17-9-10-17)22-18(24(19)34)12-20(30)23(26(22)38-3)32-13-16-8-6-7-11-29(16,31)15-32/h6-8,11-12,14,16-17,21H,4-5,9-10,13,15,31H2,1-3H3. The molecule has 2 N–H and O–H groups in total. The molecule has 3 aliphatic rings. The first-order valence-corrected chi connectivity index (χ1v) is 13.4. The van der Waals surface area contributed by atoms with Crippen LogP contribution in [0.3, 0.4) is 0 Å². The number of pyridine rings is 1. The number of rotatable bonds is 9. The summed E-state index contributed by atoms with van der Waals surface area (Å²) in [5, 5.41) is -0.0961. The number of ether oxygens (including phenoxy) is 3. The first-order chi connectivity index (χ1) is 19.1. The number of benzene rings is 1. The van der Waals surface area contributed by atoms with Crippen LogP contribution in [0.25, 0.3) is 10.9 Å². The van der Waals surface area contributed by atoms with Crippen molar-refractivity contribution in [3.8, 4) is 5.75 Å². The summed E-state index contributed by atoms with van der Waals surface area (Å²) in [5.41, 5.74) is 5.20. The molecule has 2 heterocycles. The zero-order valence-electron chi connectivity index (χ0n) is 22.6. The highest BCUT2D eigenvalue weighted by Crippen LogP contribution is 2.46. The number of Topliss-reactive ketones (excluding diaryl/α,β-unsaturated/α-hetero) is 1. The molecular weight excluding hydrogens is 521 g/mol. The number of hydrogen-bond donors (Lipinski definition) is 1. The largest absolute Gasteiger partial charge is 0.492 e. The highest BCUT2D eigenvalue weighted by molar-refractivity contribution is 6.21. The Morgan fingerprint density at radius 2 is 1.82 bits per heavy atom. The van der Waals surface area contributed by atoms with Gasteiger partial charge in [0.1, 0.15) is 5.69 Å². The van der Waals surface area contributed by atoms with Crippen molar-refractivity contribution < 1.29 is 33.0 Å². The summed E-state index contributed by atoms with van der Waals surface area (Å²) in [5.74, 6) is -5.86. The lowest BCUT2D eigenvalue weighted by Crippen LogP contribution is -2.46. The first kappa shape index (κ1) is 27.6. The fourth-order valence-corrected chi connectivity index (χ4v) is 5.60. The zero-order valence-corrected chi connectivity index (χ0v) is 22.6. The number of methoxy groups -OCH3 is 1. The highest BCUT2D eigenvalue weighted by Gasteiger charge is 2.44. The smallest absolute Gasteiger partial charge is 0.328 e. The Labute approximate surface area is 230 Å². The molecule has 0 spiro atoms. The predicted molar refractivity (Wildman–Crippen MR) is 145 cm³/mol. The maximum atomic E-state index is 15.9. The molecule has 2 aliphatic carbocycles. The molecule has 40 heavy (non-hydrogen) atoms. The molecule has 5 rings (SSSR count). The van der Waals surface area contributed by atoms with Gasteiger partial charge in [0.05, 0.1) is 42.3 Å². The molecule has 2 atom stereocenters. The lowest BCUT2D eigenvalue weighted by atomic mass is 9.85. The molecule has 2 unspecified atom stereocenters. The van der Waals surface area contributed by atoms with E-state index in [0.29, 0.717) is 18.6 Å². The van der Waals surface area contributed by atoms with Gasteiger partial charge in [-0.15, -0.1) is 0 Å². The van der Waals surface area contributed by atoms with E-state index in [1.165, 1.54) is 27.2 Å². The number of carbonyl (C=O) groups excluding carboxylic acids is 3. The Morgan fingerprint density at radius 1 is 1.15 bits per heavy atom. The van der Waals surface area contributed by atoms with Gasteiger partial charge in [-0.05, 0) is 32.8 Å². The van der Waals surface area contributed by atoms with Crippen molar-refractivity contribution in [2.45, 2.75) is 38.3 Å². The monoisotopic (exact) mass is 553 g/mol. The van der Waals surface area contributed by atoms with Gasteiger partial charge in [-0.25, -0.2) is 4.39 Å². The van der Waals surface area contributed by atoms with Gasteiger partial charge in [0.15, 0.2) is 22.8 Å². The summed E-state index contributed by atoms with van der Waals surface area (Å²) in [4.78, 5) is 54.3. The van der Waals surface area contributed by atoms with Crippen LogP contribution in [0.2, 0.25) is 0 Å². The molecule has 1 aliphatic heterocycles. The van der Waals surface area contributed by atoms with Crippen LogP contribution in [-0.4, -0.2) is 61.2 Å². The van der Waals surface area contributed by atoms with Crippen LogP contribution in [0.4, 0.5) is 10.1 Å². The summed E-state index contributed by atoms with van der Waals surface area (Å²) in [7, 11) is 1.40. The van der Waals surface area contributed by atoms with Crippen LogP contribution < -0.4 is 20.8 Å². The molecule has 10 nitrogen and oxygen atoms in total. The van der Waals surface area contributed by atoms with E-state index in [4.69, 9.17) is 19.9 Å². The van der Waals surface area contributed by atoms with Crippen LogP contribution in [0, 0.1) is 17.7 Å². The first-order valence-electron chi connectivity index (χ1n) is 13.4. The lowest BCUT2D eigenvalue weighted by Gasteiger charge is -2.27. The van der Waals surface area contributed by atoms with Crippen molar-refractivity contribution in [2.24, 2.45) is 17.6 Å². The third kappa shape index (κ3) is 4.57. The fourth-order valence-electron chi connectivity index (χ4n) is 5.60. The normalized spacial score (nSPS) is 21.6. The van der Waals surface area contributed by atoms with Crippen molar-refractivity contribution in [2.75, 3.05) is 38.3 Å². The van der Waals surface area contributed by atoms with E-state index in [0.717, 1.165) is 18.9 Å². The minimum absolute atomic E-state index is 0.0365. The summed E-state index contributed by atoms with van der Waals surface area (Å²) in [6, 6.07) is 1.00. The van der Waals surface area contributed by atoms with Gasteiger partial charge in [-0.3, -0.25) is 19.2 Å². The minimum Gasteiger partial charge on any atom is -0.492 e. The van der Waals surface area contributed by atoms with Gasteiger partial charge in [0.25, 0.3) is 0 Å². The molecule has 1 aromatic heterocycles. The van der Waals surface area contributed by atoms with Gasteiger partial charge in [-0.1, -0.05) is 24.3 Å². The second-order valence-corrected chi connectivity index (χ2v) is 10.3. The van der Waals surface area contributed by atoms with E-state index in [2.05, 4.69) is 0 Å². The molecule has 11 heteroatoms. The fraction of sp³-hybridized carbons (Fsp3) is 0.448. The molecule has 1 aromatic carbocycles. The van der Waals surface area contributed by atoms with E-state index in [1.54, 1.807) is 4.57 Å². The van der Waals surface area contributed by atoms with Crippen LogP contribution in [-0.2, 0) is 19.1 Å². The van der Waals surface area contributed by atoms with Crippen molar-refractivity contribution in [3.05, 3.63) is 58.2 Å². The van der Waals surface area contributed by atoms with Crippen LogP contribution in [0.15, 0.2) is 41.4 Å². The summed E-state index contributed by atoms with van der Waals surface area (Å²) >= 11 is 0. The number of hydrogen-bond acceptors (Lipinski definition) is 9. The van der Waals surface area contributed by atoms with E-state index in [9.17, 15) is 19.2 Å². The Morgan fingerprint density at radius 3 is 2.40 bits per heavy atom. The number of esters is 2. The van der Waals surface area contributed by atoms with Gasteiger partial charge in [0, 0.05) is 31.2 Å². The Kier molecular flexibility index (Phi) is 7.26. The van der Waals surface area contributed by atoms with Gasteiger partial charge in [-0.2, -0.15) is 0 Å². The number of nitrogens with zero attached hydrogens (tertiary/aromatic N) is 2. The number of anilines is 1. The molecule has 0 radical (unpaired) electrons. The molecule has 1 saturated heterocycles. The molecule has 2 fully saturated rings. The SMILES string of the molecule is CCOC(=O)C(C(=O)OCC)C(=O)c1cn(C2CC2)c2c(OC)c(N3CC4C=CC=CC4(N)C3)c(F)cc2c1=O. The maximum Gasteiger partial charge on any atom is 0.328 e. The van der Waals surface area contributed by atoms with Crippen molar-refractivity contribution in [1.29, 1.82) is 0 Å². The minimum atomic E-state index is -1.97. The van der Waals surface area contributed by atoms with E-state index < -0.39 is 46.0 Å². The number of nitrogens with two attached hydrogens (primary N) is 1. The van der Waals surface area contributed by atoms with Gasteiger partial charge >= 0.3 is 11.9 Å².